The minimum atomic E-state index is -1.15. The maximum absolute atomic E-state index is 13.7. The van der Waals surface area contributed by atoms with Crippen LogP contribution in [0.5, 0.6) is 0 Å². The minimum Gasteiger partial charge on any atom is -0.480 e. The Labute approximate surface area is 223 Å². The third-order valence-corrected chi connectivity index (χ3v) is 7.29. The zero-order valence-corrected chi connectivity index (χ0v) is 22.7. The smallest absolute Gasteiger partial charge is 0.326 e. The highest BCUT2D eigenvalue weighted by Gasteiger charge is 2.59. The molecule has 3 rings (SSSR count). The lowest BCUT2D eigenvalue weighted by Crippen LogP contribution is -2.52. The normalized spacial score (nSPS) is 24.8. The zero-order valence-electron chi connectivity index (χ0n) is 21.2. The Kier molecular flexibility index (Phi) is 8.40. The summed E-state index contributed by atoms with van der Waals surface area (Å²) in [6.45, 7) is 9.73. The second-order valence-electron chi connectivity index (χ2n) is 11.1. The van der Waals surface area contributed by atoms with Gasteiger partial charge in [-0.15, -0.1) is 0 Å². The standard InChI is InChI=1S/C28H33Cl2N3O3/c1-16(2)23(26(35)36)33-25(34)24-22(17-7-6-8-20(30)13-17)28(15-31,18-9-11-19(29)12-10-18)21(32-24)14-27(3,4)5/h6-13,16,21-24,32H,14H2,1-5H3,(H,33,34)(H,35,36)/t21-,22-,23?,24+,28-/m0/s1. The van der Waals surface area contributed by atoms with E-state index < -0.39 is 41.3 Å². The van der Waals surface area contributed by atoms with Crippen LogP contribution in [-0.2, 0) is 15.0 Å². The second kappa shape index (κ2) is 10.8. The van der Waals surface area contributed by atoms with Crippen molar-refractivity contribution in [3.05, 3.63) is 69.7 Å². The van der Waals surface area contributed by atoms with Crippen LogP contribution in [0.1, 0.15) is 58.1 Å². The maximum Gasteiger partial charge on any atom is 0.326 e. The van der Waals surface area contributed by atoms with Gasteiger partial charge in [-0.1, -0.05) is 82.1 Å². The van der Waals surface area contributed by atoms with Crippen LogP contribution in [0.2, 0.25) is 10.0 Å². The summed E-state index contributed by atoms with van der Waals surface area (Å²) in [5.74, 6) is -2.53. The maximum atomic E-state index is 13.7. The number of carboxylic acid groups (broad SMARTS) is 1. The van der Waals surface area contributed by atoms with Gasteiger partial charge in [0, 0.05) is 22.0 Å². The molecule has 5 atom stereocenters. The van der Waals surface area contributed by atoms with Crippen LogP contribution in [0.25, 0.3) is 0 Å². The van der Waals surface area contributed by atoms with E-state index in [1.165, 1.54) is 0 Å². The van der Waals surface area contributed by atoms with Crippen LogP contribution in [0.4, 0.5) is 0 Å². The molecule has 2 aromatic carbocycles. The first kappa shape index (κ1) is 28.0. The number of nitrogens with zero attached hydrogens (tertiary/aromatic N) is 1. The van der Waals surface area contributed by atoms with E-state index in [0.29, 0.717) is 16.5 Å². The molecule has 192 valence electrons. The van der Waals surface area contributed by atoms with Crippen molar-refractivity contribution in [2.75, 3.05) is 0 Å². The number of hydrogen-bond donors (Lipinski definition) is 3. The van der Waals surface area contributed by atoms with Crippen molar-refractivity contribution in [2.24, 2.45) is 11.3 Å². The molecule has 1 saturated heterocycles. The third-order valence-electron chi connectivity index (χ3n) is 6.80. The molecule has 0 radical (unpaired) electrons. The lowest BCUT2D eigenvalue weighted by molar-refractivity contribution is -0.143. The van der Waals surface area contributed by atoms with E-state index in [0.717, 1.165) is 11.1 Å². The van der Waals surface area contributed by atoms with E-state index in [1.807, 2.05) is 18.2 Å². The zero-order chi connectivity index (χ0) is 26.8. The molecular weight excluding hydrogens is 497 g/mol. The lowest BCUT2D eigenvalue weighted by atomic mass is 9.63. The molecule has 1 fully saturated rings. The van der Waals surface area contributed by atoms with Gasteiger partial charge in [-0.3, -0.25) is 4.79 Å². The van der Waals surface area contributed by atoms with E-state index in [-0.39, 0.29) is 11.3 Å². The first-order valence-electron chi connectivity index (χ1n) is 12.0. The molecule has 1 aliphatic heterocycles. The molecule has 0 aromatic heterocycles. The lowest BCUT2D eigenvalue weighted by Gasteiger charge is -2.37. The average molecular weight is 530 g/mol. The minimum absolute atomic E-state index is 0.169. The van der Waals surface area contributed by atoms with Gasteiger partial charge in [0.1, 0.15) is 11.5 Å². The summed E-state index contributed by atoms with van der Waals surface area (Å²) >= 11 is 12.5. The highest BCUT2D eigenvalue weighted by Crippen LogP contribution is 2.51. The van der Waals surface area contributed by atoms with E-state index in [4.69, 9.17) is 23.2 Å². The van der Waals surface area contributed by atoms with E-state index in [2.05, 4.69) is 37.5 Å². The van der Waals surface area contributed by atoms with Crippen LogP contribution in [-0.4, -0.2) is 35.1 Å². The quantitative estimate of drug-likeness (QED) is 0.436. The summed E-state index contributed by atoms with van der Waals surface area (Å²) in [6.07, 6.45) is 0.594. The largest absolute Gasteiger partial charge is 0.480 e. The Morgan fingerprint density at radius 1 is 1.14 bits per heavy atom. The Morgan fingerprint density at radius 3 is 2.28 bits per heavy atom. The van der Waals surface area contributed by atoms with Gasteiger partial charge in [-0.25, -0.2) is 4.79 Å². The van der Waals surface area contributed by atoms with Gasteiger partial charge in [0.2, 0.25) is 5.91 Å². The molecule has 0 bridgehead atoms. The van der Waals surface area contributed by atoms with Gasteiger partial charge < -0.3 is 15.7 Å². The van der Waals surface area contributed by atoms with Gasteiger partial charge in [-0.2, -0.15) is 5.26 Å². The summed E-state index contributed by atoms with van der Waals surface area (Å²) in [5, 5.41) is 27.8. The average Bonchev–Trinajstić information content (AvgIpc) is 3.10. The molecule has 0 aliphatic carbocycles. The van der Waals surface area contributed by atoms with Crippen molar-refractivity contribution in [3.63, 3.8) is 0 Å². The fourth-order valence-electron chi connectivity index (χ4n) is 5.21. The molecule has 8 heteroatoms. The number of aliphatic carboxylic acids is 1. The summed E-state index contributed by atoms with van der Waals surface area (Å²) in [4.78, 5) is 25.6. The number of halogens is 2. The molecule has 1 amide bonds. The monoisotopic (exact) mass is 529 g/mol. The number of hydrogen-bond acceptors (Lipinski definition) is 4. The molecule has 3 N–H and O–H groups in total. The number of rotatable bonds is 7. The molecule has 36 heavy (non-hydrogen) atoms. The molecule has 0 saturated carbocycles. The van der Waals surface area contributed by atoms with E-state index in [1.54, 1.807) is 44.2 Å². The fraction of sp³-hybridized carbons (Fsp3) is 0.464. The SMILES string of the molecule is CC(C)C(NC(=O)[C@@H]1N[C@@H](CC(C)(C)C)[C@](C#N)(c2ccc(Cl)cc2)[C@H]1c1cccc(Cl)c1)C(=O)O. The predicted octanol–water partition coefficient (Wildman–Crippen LogP) is 5.54. The molecule has 1 unspecified atom stereocenters. The summed E-state index contributed by atoms with van der Waals surface area (Å²) < 4.78 is 0. The molecule has 2 aromatic rings. The first-order chi connectivity index (χ1) is 16.8. The van der Waals surface area contributed by atoms with Crippen LogP contribution < -0.4 is 10.6 Å². The Hall–Kier alpha value is -2.59. The van der Waals surface area contributed by atoms with Gasteiger partial charge in [-0.05, 0) is 53.1 Å². The van der Waals surface area contributed by atoms with Crippen molar-refractivity contribution in [3.8, 4) is 6.07 Å². The molecule has 1 heterocycles. The highest BCUT2D eigenvalue weighted by molar-refractivity contribution is 6.30. The number of nitrogens with one attached hydrogen (secondary N) is 2. The number of amides is 1. The number of benzene rings is 2. The van der Waals surface area contributed by atoms with Crippen LogP contribution >= 0.6 is 23.2 Å². The van der Waals surface area contributed by atoms with Crippen LogP contribution in [0.15, 0.2) is 48.5 Å². The fourth-order valence-corrected chi connectivity index (χ4v) is 5.54. The molecule has 1 aliphatic rings. The van der Waals surface area contributed by atoms with Crippen LogP contribution in [0, 0.1) is 22.7 Å². The van der Waals surface area contributed by atoms with Gasteiger partial charge in [0.05, 0.1) is 12.1 Å². The van der Waals surface area contributed by atoms with Crippen molar-refractivity contribution < 1.29 is 14.7 Å². The third kappa shape index (κ3) is 5.70. The second-order valence-corrected chi connectivity index (χ2v) is 11.9. The summed E-state index contributed by atoms with van der Waals surface area (Å²) in [6, 6.07) is 14.6. The first-order valence-corrected chi connectivity index (χ1v) is 12.8. The topological polar surface area (TPSA) is 102 Å². The van der Waals surface area contributed by atoms with Gasteiger partial charge >= 0.3 is 5.97 Å². The Morgan fingerprint density at radius 2 is 1.78 bits per heavy atom. The molecule has 0 spiro atoms. The number of carboxylic acids is 1. The van der Waals surface area contributed by atoms with Gasteiger partial charge in [0.25, 0.3) is 0 Å². The summed E-state index contributed by atoms with van der Waals surface area (Å²) in [5.41, 5.74) is 0.133. The van der Waals surface area contributed by atoms with Crippen molar-refractivity contribution in [1.82, 2.24) is 10.6 Å². The Bertz CT molecular complexity index is 1150. The van der Waals surface area contributed by atoms with Crippen molar-refractivity contribution >= 4 is 35.1 Å². The van der Waals surface area contributed by atoms with Gasteiger partial charge in [0.15, 0.2) is 0 Å². The number of carbonyl (C=O) groups excluding carboxylic acids is 1. The van der Waals surface area contributed by atoms with Crippen molar-refractivity contribution in [2.45, 2.75) is 70.5 Å². The van der Waals surface area contributed by atoms with Crippen LogP contribution in [0.3, 0.4) is 0 Å². The Balaban J connectivity index is 2.24. The van der Waals surface area contributed by atoms with E-state index in [9.17, 15) is 20.0 Å². The number of nitriles is 1. The molecule has 6 nitrogen and oxygen atoms in total. The van der Waals surface area contributed by atoms with E-state index >= 15 is 0 Å². The highest BCUT2D eigenvalue weighted by atomic mass is 35.5. The summed E-state index contributed by atoms with van der Waals surface area (Å²) in [7, 11) is 0. The predicted molar refractivity (Wildman–Crippen MR) is 142 cm³/mol. The number of carbonyl (C=O) groups is 2. The van der Waals surface area contributed by atoms with Crippen molar-refractivity contribution in [1.29, 1.82) is 5.26 Å². The molecular formula is C28H33Cl2N3O3.